The number of aryl methyl sites for hydroxylation is 1. The molecule has 0 atom stereocenters. The van der Waals surface area contributed by atoms with Gasteiger partial charge in [-0.15, -0.1) is 0 Å². The molecule has 1 heterocycles. The van der Waals surface area contributed by atoms with Crippen LogP contribution in [0.1, 0.15) is 23.4 Å². The van der Waals surface area contributed by atoms with Crippen molar-refractivity contribution in [2.45, 2.75) is 13.8 Å². The molecule has 0 saturated carbocycles. The van der Waals surface area contributed by atoms with Gasteiger partial charge in [0.05, 0.1) is 6.61 Å². The number of aromatic nitrogens is 2. The van der Waals surface area contributed by atoms with Gasteiger partial charge in [-0.25, -0.2) is 5.48 Å². The van der Waals surface area contributed by atoms with Crippen molar-refractivity contribution in [2.75, 3.05) is 6.61 Å². The Hall–Kier alpha value is -1.43. The van der Waals surface area contributed by atoms with Crippen molar-refractivity contribution in [1.29, 1.82) is 0 Å². The maximum Gasteiger partial charge on any atom is 0.333 e. The van der Waals surface area contributed by atoms with Crippen LogP contribution in [0.15, 0.2) is 4.52 Å². The Morgan fingerprint density at radius 1 is 1.75 bits per heavy atom. The minimum absolute atomic E-state index is 0.0963. The first-order valence-corrected chi connectivity index (χ1v) is 3.46. The Morgan fingerprint density at radius 3 is 3.00 bits per heavy atom. The molecule has 0 unspecified atom stereocenters. The summed E-state index contributed by atoms with van der Waals surface area (Å²) in [5.74, 6) is -0.213. The van der Waals surface area contributed by atoms with Crippen molar-refractivity contribution in [1.82, 2.24) is 15.6 Å². The van der Waals surface area contributed by atoms with Crippen molar-refractivity contribution >= 4 is 5.91 Å². The Morgan fingerprint density at radius 2 is 2.50 bits per heavy atom. The van der Waals surface area contributed by atoms with Gasteiger partial charge in [0.1, 0.15) is 0 Å². The van der Waals surface area contributed by atoms with Gasteiger partial charge < -0.3 is 4.52 Å². The van der Waals surface area contributed by atoms with Gasteiger partial charge in [-0.05, 0) is 13.8 Å². The number of carbonyl (C=O) groups excluding carboxylic acids is 1. The molecule has 0 fully saturated rings. The first-order chi connectivity index (χ1) is 5.74. The van der Waals surface area contributed by atoms with E-state index in [1.165, 1.54) is 0 Å². The molecule has 1 aromatic rings. The van der Waals surface area contributed by atoms with E-state index in [0.29, 0.717) is 12.4 Å². The highest BCUT2D eigenvalue weighted by Gasteiger charge is 2.12. The molecule has 1 N–H and O–H groups in total. The summed E-state index contributed by atoms with van der Waals surface area (Å²) in [6.07, 6.45) is 0. The zero-order valence-corrected chi connectivity index (χ0v) is 6.83. The minimum Gasteiger partial charge on any atom is -0.328 e. The van der Waals surface area contributed by atoms with Crippen molar-refractivity contribution in [3.8, 4) is 0 Å². The predicted octanol–water partition coefficient (Wildman–Crippen LogP) is 0.0593. The number of rotatable bonds is 3. The molecule has 0 spiro atoms. The van der Waals surface area contributed by atoms with E-state index in [-0.39, 0.29) is 5.89 Å². The van der Waals surface area contributed by atoms with Crippen LogP contribution in [0, 0.1) is 6.92 Å². The predicted molar refractivity (Wildman–Crippen MR) is 38.1 cm³/mol. The lowest BCUT2D eigenvalue weighted by atomic mass is 10.6. The molecular formula is C6H9N3O3. The molecule has 12 heavy (non-hydrogen) atoms. The number of hydrogen-bond donors (Lipinski definition) is 1. The molecule has 1 aromatic heterocycles. The molecule has 0 radical (unpaired) electrons. The number of nitrogens with zero attached hydrogens (tertiary/aromatic N) is 2. The lowest BCUT2D eigenvalue weighted by Crippen LogP contribution is -2.23. The van der Waals surface area contributed by atoms with Crippen LogP contribution in [-0.2, 0) is 4.84 Å². The third-order valence-corrected chi connectivity index (χ3v) is 1.03. The van der Waals surface area contributed by atoms with Gasteiger partial charge in [0.25, 0.3) is 0 Å². The zero-order valence-electron chi connectivity index (χ0n) is 6.83. The topological polar surface area (TPSA) is 77.2 Å². The van der Waals surface area contributed by atoms with Gasteiger partial charge in [-0.2, -0.15) is 4.98 Å². The van der Waals surface area contributed by atoms with Gasteiger partial charge in [0.2, 0.25) is 0 Å². The molecule has 6 heteroatoms. The first kappa shape index (κ1) is 8.66. The molecule has 6 nitrogen and oxygen atoms in total. The largest absolute Gasteiger partial charge is 0.333 e. The van der Waals surface area contributed by atoms with Crippen LogP contribution >= 0.6 is 0 Å². The van der Waals surface area contributed by atoms with Crippen LogP contribution in [0.2, 0.25) is 0 Å². The van der Waals surface area contributed by atoms with Crippen molar-refractivity contribution in [3.05, 3.63) is 11.7 Å². The lowest BCUT2D eigenvalue weighted by molar-refractivity contribution is 0.0328. The van der Waals surface area contributed by atoms with Crippen molar-refractivity contribution in [2.24, 2.45) is 0 Å². The minimum atomic E-state index is -0.530. The van der Waals surface area contributed by atoms with Gasteiger partial charge in [-0.3, -0.25) is 9.63 Å². The van der Waals surface area contributed by atoms with Crippen LogP contribution in [0.5, 0.6) is 0 Å². The van der Waals surface area contributed by atoms with Crippen LogP contribution < -0.4 is 5.48 Å². The third kappa shape index (κ3) is 2.03. The van der Waals surface area contributed by atoms with E-state index in [0.717, 1.165) is 0 Å². The monoisotopic (exact) mass is 171 g/mol. The highest BCUT2D eigenvalue weighted by atomic mass is 16.7. The molecule has 0 aliphatic rings. The number of amides is 1. The van der Waals surface area contributed by atoms with Crippen LogP contribution in [0.3, 0.4) is 0 Å². The molecule has 0 aliphatic heterocycles. The standard InChI is InChI=1S/C6H9N3O3/c1-3-11-9-5(10)6-7-4(2)8-12-6/h3H2,1-2H3,(H,9,10). The molecule has 1 amide bonds. The fourth-order valence-corrected chi connectivity index (χ4v) is 0.571. The number of carbonyl (C=O) groups is 1. The molecule has 0 aliphatic carbocycles. The third-order valence-electron chi connectivity index (χ3n) is 1.03. The van der Waals surface area contributed by atoms with Crippen LogP contribution in [0.25, 0.3) is 0 Å². The summed E-state index contributed by atoms with van der Waals surface area (Å²) in [6.45, 7) is 3.76. The molecular weight excluding hydrogens is 162 g/mol. The van der Waals surface area contributed by atoms with Crippen molar-refractivity contribution in [3.63, 3.8) is 0 Å². The number of hydrogen-bond acceptors (Lipinski definition) is 5. The fraction of sp³-hybridized carbons (Fsp3) is 0.500. The SMILES string of the molecule is CCONC(=O)c1nc(C)no1. The first-order valence-electron chi connectivity index (χ1n) is 3.46. The van der Waals surface area contributed by atoms with Crippen molar-refractivity contribution < 1.29 is 14.2 Å². The van der Waals surface area contributed by atoms with E-state index in [9.17, 15) is 4.79 Å². The van der Waals surface area contributed by atoms with Gasteiger partial charge in [-0.1, -0.05) is 5.16 Å². The van der Waals surface area contributed by atoms with Crippen LogP contribution in [0.4, 0.5) is 0 Å². The summed E-state index contributed by atoms with van der Waals surface area (Å²) in [4.78, 5) is 19.3. The molecule has 0 aromatic carbocycles. The van der Waals surface area contributed by atoms with E-state index in [1.807, 2.05) is 0 Å². The fourth-order valence-electron chi connectivity index (χ4n) is 0.571. The second-order valence-electron chi connectivity index (χ2n) is 2.01. The summed E-state index contributed by atoms with van der Waals surface area (Å²) in [6, 6.07) is 0. The maximum absolute atomic E-state index is 11.0. The second kappa shape index (κ2) is 3.82. The van der Waals surface area contributed by atoms with E-state index < -0.39 is 5.91 Å². The summed E-state index contributed by atoms with van der Waals surface area (Å²) in [5.41, 5.74) is 2.13. The second-order valence-corrected chi connectivity index (χ2v) is 2.01. The summed E-state index contributed by atoms with van der Waals surface area (Å²) in [5, 5.41) is 3.44. The van der Waals surface area contributed by atoms with Crippen LogP contribution in [-0.4, -0.2) is 22.7 Å². The molecule has 1 rings (SSSR count). The van der Waals surface area contributed by atoms with E-state index >= 15 is 0 Å². The summed E-state index contributed by atoms with van der Waals surface area (Å²) < 4.78 is 4.57. The van der Waals surface area contributed by atoms with Gasteiger partial charge >= 0.3 is 11.8 Å². The average molecular weight is 171 g/mol. The average Bonchev–Trinajstić information content (AvgIpc) is 2.47. The van der Waals surface area contributed by atoms with E-state index in [1.54, 1.807) is 13.8 Å². The highest BCUT2D eigenvalue weighted by Crippen LogP contribution is 1.94. The Bertz CT molecular complexity index is 271. The Kier molecular flexibility index (Phi) is 2.76. The summed E-state index contributed by atoms with van der Waals surface area (Å²) in [7, 11) is 0. The molecule has 0 bridgehead atoms. The normalized spacial score (nSPS) is 9.83. The number of hydroxylamine groups is 1. The molecule has 0 saturated heterocycles. The Balaban J connectivity index is 2.53. The zero-order chi connectivity index (χ0) is 8.97. The highest BCUT2D eigenvalue weighted by molar-refractivity contribution is 5.88. The van der Waals surface area contributed by atoms with Gasteiger partial charge in [0, 0.05) is 0 Å². The maximum atomic E-state index is 11.0. The number of nitrogens with one attached hydrogen (secondary N) is 1. The molecule has 66 valence electrons. The van der Waals surface area contributed by atoms with E-state index in [2.05, 4.69) is 25.0 Å². The summed E-state index contributed by atoms with van der Waals surface area (Å²) >= 11 is 0. The quantitative estimate of drug-likeness (QED) is 0.650. The lowest BCUT2D eigenvalue weighted by Gasteiger charge is -1.97. The smallest absolute Gasteiger partial charge is 0.328 e. The van der Waals surface area contributed by atoms with E-state index in [4.69, 9.17) is 0 Å². The van der Waals surface area contributed by atoms with Gasteiger partial charge in [0.15, 0.2) is 5.82 Å². The Labute approximate surface area is 68.9 Å².